The maximum Gasteiger partial charge on any atom is 0.259 e. The van der Waals surface area contributed by atoms with Crippen LogP contribution in [0.1, 0.15) is 10.4 Å². The van der Waals surface area contributed by atoms with Crippen LogP contribution in [0.2, 0.25) is 0 Å². The van der Waals surface area contributed by atoms with Crippen molar-refractivity contribution in [2.75, 3.05) is 12.4 Å². The Bertz CT molecular complexity index is 1110. The van der Waals surface area contributed by atoms with Gasteiger partial charge in [0.1, 0.15) is 10.8 Å². The van der Waals surface area contributed by atoms with Gasteiger partial charge in [0.15, 0.2) is 0 Å². The standard InChI is InChI=1S/C21H15IN2O2S/c1-26-18-8-4-2-6-14(18)20(25)23-16-11-10-13(22)12-15(16)21-24-17-7-3-5-9-19(17)27-21/h2-12H,1H3,(H,23,25). The van der Waals surface area contributed by atoms with Gasteiger partial charge in [0.2, 0.25) is 0 Å². The van der Waals surface area contributed by atoms with E-state index in [0.29, 0.717) is 11.3 Å². The van der Waals surface area contributed by atoms with Gasteiger partial charge in [-0.25, -0.2) is 4.98 Å². The Morgan fingerprint density at radius 2 is 1.85 bits per heavy atom. The molecule has 1 heterocycles. The third-order valence-corrected chi connectivity index (χ3v) is 5.85. The van der Waals surface area contributed by atoms with Gasteiger partial charge >= 0.3 is 0 Å². The Kier molecular flexibility index (Phi) is 5.09. The molecule has 0 bridgehead atoms. The molecule has 6 heteroatoms. The van der Waals surface area contributed by atoms with Crippen LogP contribution in [-0.4, -0.2) is 18.0 Å². The number of carbonyl (C=O) groups excluding carboxylic acids is 1. The summed E-state index contributed by atoms with van der Waals surface area (Å²) in [4.78, 5) is 17.6. The average molecular weight is 486 g/mol. The van der Waals surface area contributed by atoms with E-state index in [0.717, 1.165) is 30.0 Å². The number of ether oxygens (including phenoxy) is 1. The third-order valence-electron chi connectivity index (χ3n) is 4.11. The van der Waals surface area contributed by atoms with E-state index in [1.165, 1.54) is 0 Å². The van der Waals surface area contributed by atoms with E-state index in [4.69, 9.17) is 9.72 Å². The van der Waals surface area contributed by atoms with E-state index in [1.807, 2.05) is 48.5 Å². The first-order valence-electron chi connectivity index (χ1n) is 8.25. The monoisotopic (exact) mass is 486 g/mol. The minimum absolute atomic E-state index is 0.212. The molecule has 4 aromatic rings. The lowest BCUT2D eigenvalue weighted by atomic mass is 10.1. The molecule has 0 saturated carbocycles. The van der Waals surface area contributed by atoms with Gasteiger partial charge < -0.3 is 10.1 Å². The van der Waals surface area contributed by atoms with E-state index in [9.17, 15) is 4.79 Å². The Balaban J connectivity index is 1.74. The number of methoxy groups -OCH3 is 1. The maximum atomic E-state index is 12.8. The molecule has 0 spiro atoms. The van der Waals surface area contributed by atoms with Gasteiger partial charge in [-0.15, -0.1) is 11.3 Å². The average Bonchev–Trinajstić information content (AvgIpc) is 3.13. The van der Waals surface area contributed by atoms with Gasteiger partial charge in [-0.1, -0.05) is 24.3 Å². The third kappa shape index (κ3) is 3.68. The van der Waals surface area contributed by atoms with Crippen molar-refractivity contribution >= 4 is 55.7 Å². The van der Waals surface area contributed by atoms with Gasteiger partial charge in [-0.2, -0.15) is 0 Å². The van der Waals surface area contributed by atoms with Gasteiger partial charge in [0.25, 0.3) is 5.91 Å². The van der Waals surface area contributed by atoms with Crippen LogP contribution in [0.3, 0.4) is 0 Å². The number of para-hydroxylation sites is 2. The summed E-state index contributed by atoms with van der Waals surface area (Å²) in [6.45, 7) is 0. The fourth-order valence-electron chi connectivity index (χ4n) is 2.81. The largest absolute Gasteiger partial charge is 0.496 e. The lowest BCUT2D eigenvalue weighted by Crippen LogP contribution is -2.13. The molecule has 0 aliphatic rings. The van der Waals surface area contributed by atoms with E-state index in [1.54, 1.807) is 30.6 Å². The van der Waals surface area contributed by atoms with Crippen molar-refractivity contribution in [1.82, 2.24) is 4.98 Å². The smallest absolute Gasteiger partial charge is 0.259 e. The second-order valence-electron chi connectivity index (χ2n) is 5.83. The van der Waals surface area contributed by atoms with Crippen molar-refractivity contribution in [3.05, 3.63) is 75.9 Å². The number of thiazole rings is 1. The zero-order chi connectivity index (χ0) is 18.8. The zero-order valence-corrected chi connectivity index (χ0v) is 17.4. The highest BCUT2D eigenvalue weighted by molar-refractivity contribution is 14.1. The van der Waals surface area contributed by atoms with Crippen molar-refractivity contribution in [3.8, 4) is 16.3 Å². The number of hydrogen-bond donors (Lipinski definition) is 1. The minimum Gasteiger partial charge on any atom is -0.496 e. The summed E-state index contributed by atoms with van der Waals surface area (Å²) in [5.41, 5.74) is 3.09. The molecule has 0 unspecified atom stereocenters. The fraction of sp³-hybridized carbons (Fsp3) is 0.0476. The summed E-state index contributed by atoms with van der Waals surface area (Å²) >= 11 is 3.88. The van der Waals surface area contributed by atoms with Gasteiger partial charge in [-0.05, 0) is 65.1 Å². The zero-order valence-electron chi connectivity index (χ0n) is 14.4. The van der Waals surface area contributed by atoms with Crippen LogP contribution in [0.4, 0.5) is 5.69 Å². The Morgan fingerprint density at radius 1 is 1.07 bits per heavy atom. The van der Waals surface area contributed by atoms with Crippen LogP contribution < -0.4 is 10.1 Å². The number of amides is 1. The number of hydrogen-bond acceptors (Lipinski definition) is 4. The second kappa shape index (κ2) is 7.66. The number of nitrogens with zero attached hydrogens (tertiary/aromatic N) is 1. The van der Waals surface area contributed by atoms with Crippen LogP contribution >= 0.6 is 33.9 Å². The van der Waals surface area contributed by atoms with E-state index >= 15 is 0 Å². The first kappa shape index (κ1) is 17.9. The first-order valence-corrected chi connectivity index (χ1v) is 10.1. The second-order valence-corrected chi connectivity index (χ2v) is 8.11. The molecule has 3 aromatic carbocycles. The molecule has 4 nitrogen and oxygen atoms in total. The van der Waals surface area contributed by atoms with Gasteiger partial charge in [0, 0.05) is 9.13 Å². The van der Waals surface area contributed by atoms with E-state index < -0.39 is 0 Å². The van der Waals surface area contributed by atoms with Gasteiger partial charge in [-0.3, -0.25) is 4.79 Å². The van der Waals surface area contributed by atoms with E-state index in [-0.39, 0.29) is 5.91 Å². The summed E-state index contributed by atoms with van der Waals surface area (Å²) in [5.74, 6) is 0.332. The molecule has 0 aliphatic carbocycles. The summed E-state index contributed by atoms with van der Waals surface area (Å²) in [7, 11) is 1.56. The molecule has 0 aliphatic heterocycles. The number of benzene rings is 3. The van der Waals surface area contributed by atoms with Gasteiger partial charge in [0.05, 0.1) is 28.6 Å². The molecule has 0 atom stereocenters. The molecular formula is C21H15IN2O2S. The summed E-state index contributed by atoms with van der Waals surface area (Å²) < 4.78 is 7.51. The lowest BCUT2D eigenvalue weighted by molar-refractivity contribution is 0.102. The maximum absolute atomic E-state index is 12.8. The molecule has 1 aromatic heterocycles. The van der Waals surface area contributed by atoms with E-state index in [2.05, 4.69) is 34.0 Å². The predicted molar refractivity (Wildman–Crippen MR) is 119 cm³/mol. The van der Waals surface area contributed by atoms with Crippen molar-refractivity contribution in [1.29, 1.82) is 0 Å². The van der Waals surface area contributed by atoms with Crippen LogP contribution in [0.5, 0.6) is 5.75 Å². The van der Waals surface area contributed by atoms with Crippen LogP contribution in [0.15, 0.2) is 66.7 Å². The normalized spacial score (nSPS) is 10.7. The van der Waals surface area contributed by atoms with Crippen molar-refractivity contribution in [2.24, 2.45) is 0 Å². The molecule has 0 fully saturated rings. The fourth-order valence-corrected chi connectivity index (χ4v) is 4.30. The number of halogens is 1. The number of nitrogens with one attached hydrogen (secondary N) is 1. The minimum atomic E-state index is -0.212. The summed E-state index contributed by atoms with van der Waals surface area (Å²) in [5, 5.41) is 3.90. The van der Waals surface area contributed by atoms with Crippen LogP contribution in [0.25, 0.3) is 20.8 Å². The topological polar surface area (TPSA) is 51.2 Å². The van der Waals surface area contributed by atoms with Crippen molar-refractivity contribution in [3.63, 3.8) is 0 Å². The Morgan fingerprint density at radius 3 is 2.67 bits per heavy atom. The highest BCUT2D eigenvalue weighted by Gasteiger charge is 2.16. The predicted octanol–water partition coefficient (Wildman–Crippen LogP) is 5.83. The molecule has 134 valence electrons. The number of fused-ring (bicyclic) bond motifs is 1. The summed E-state index contributed by atoms with van der Waals surface area (Å²) in [6.07, 6.45) is 0. The Labute approximate surface area is 174 Å². The van der Waals surface area contributed by atoms with Crippen LogP contribution in [-0.2, 0) is 0 Å². The molecular weight excluding hydrogens is 471 g/mol. The molecule has 1 N–H and O–H groups in total. The highest BCUT2D eigenvalue weighted by atomic mass is 127. The molecule has 0 radical (unpaired) electrons. The molecule has 0 saturated heterocycles. The molecule has 4 rings (SSSR count). The summed E-state index contributed by atoms with van der Waals surface area (Å²) in [6, 6.07) is 21.1. The quantitative estimate of drug-likeness (QED) is 0.370. The number of anilines is 1. The molecule has 1 amide bonds. The number of rotatable bonds is 4. The molecule has 27 heavy (non-hydrogen) atoms. The van der Waals surface area contributed by atoms with Crippen LogP contribution in [0, 0.1) is 3.57 Å². The van der Waals surface area contributed by atoms with Crippen molar-refractivity contribution < 1.29 is 9.53 Å². The number of aromatic nitrogens is 1. The SMILES string of the molecule is COc1ccccc1C(=O)Nc1ccc(I)cc1-c1nc2ccccc2s1. The lowest BCUT2D eigenvalue weighted by Gasteiger charge is -2.12. The Hall–Kier alpha value is -2.45. The van der Waals surface area contributed by atoms with Crippen molar-refractivity contribution in [2.45, 2.75) is 0 Å². The number of carbonyl (C=O) groups is 1. The first-order chi connectivity index (χ1) is 13.2. The highest BCUT2D eigenvalue weighted by Crippen LogP contribution is 2.36.